The summed E-state index contributed by atoms with van der Waals surface area (Å²) >= 11 is 0. The van der Waals surface area contributed by atoms with Crippen LogP contribution in [-0.2, 0) is 19.6 Å². The lowest BCUT2D eigenvalue weighted by atomic mass is 9.78. The van der Waals surface area contributed by atoms with E-state index < -0.39 is 27.8 Å². The molecule has 160 valence electrons. The summed E-state index contributed by atoms with van der Waals surface area (Å²) < 4.78 is 27.3. The van der Waals surface area contributed by atoms with Crippen molar-refractivity contribution in [3.63, 3.8) is 0 Å². The summed E-state index contributed by atoms with van der Waals surface area (Å²) in [4.78, 5) is 26.3. The van der Waals surface area contributed by atoms with Crippen LogP contribution in [0.5, 0.6) is 0 Å². The third-order valence-corrected chi connectivity index (χ3v) is 8.05. The molecule has 0 spiro atoms. The van der Waals surface area contributed by atoms with E-state index in [2.05, 4.69) is 13.8 Å². The lowest BCUT2D eigenvalue weighted by Gasteiger charge is -2.38. The van der Waals surface area contributed by atoms with Gasteiger partial charge in [-0.25, -0.2) is 8.42 Å². The Hall–Kier alpha value is -1.93. The molecular formula is C21H30N2O5S. The summed E-state index contributed by atoms with van der Waals surface area (Å²) in [5.74, 6) is -1.84. The normalized spacial score (nSPS) is 23.9. The maximum absolute atomic E-state index is 12.9. The van der Waals surface area contributed by atoms with Gasteiger partial charge in [0.1, 0.15) is 0 Å². The average molecular weight is 423 g/mol. The Kier molecular flexibility index (Phi) is 6.63. The lowest BCUT2D eigenvalue weighted by Crippen LogP contribution is -2.53. The minimum absolute atomic E-state index is 0.143. The molecule has 0 bridgehead atoms. The van der Waals surface area contributed by atoms with Crippen molar-refractivity contribution < 1.29 is 23.1 Å². The summed E-state index contributed by atoms with van der Waals surface area (Å²) in [6.45, 7) is 5.16. The highest BCUT2D eigenvalue weighted by Crippen LogP contribution is 2.32. The van der Waals surface area contributed by atoms with Crippen LogP contribution in [0.25, 0.3) is 0 Å². The monoisotopic (exact) mass is 422 g/mol. The molecule has 1 N–H and O–H groups in total. The molecule has 2 fully saturated rings. The predicted octanol–water partition coefficient (Wildman–Crippen LogP) is 2.53. The molecule has 1 amide bonds. The molecule has 3 rings (SSSR count). The number of nitrogens with zero attached hydrogens (tertiary/aromatic N) is 2. The van der Waals surface area contributed by atoms with Crippen LogP contribution >= 0.6 is 0 Å². The van der Waals surface area contributed by atoms with E-state index in [0.717, 1.165) is 18.4 Å². The van der Waals surface area contributed by atoms with Gasteiger partial charge >= 0.3 is 5.97 Å². The van der Waals surface area contributed by atoms with Gasteiger partial charge in [0.2, 0.25) is 15.9 Å². The number of carboxylic acids is 1. The van der Waals surface area contributed by atoms with E-state index in [4.69, 9.17) is 0 Å². The van der Waals surface area contributed by atoms with E-state index in [-0.39, 0.29) is 23.9 Å². The first-order valence-corrected chi connectivity index (χ1v) is 11.8. The van der Waals surface area contributed by atoms with Crippen LogP contribution in [0.1, 0.15) is 51.0 Å². The quantitative estimate of drug-likeness (QED) is 0.787. The van der Waals surface area contributed by atoms with Crippen LogP contribution in [0.3, 0.4) is 0 Å². The van der Waals surface area contributed by atoms with Gasteiger partial charge in [0.05, 0.1) is 16.7 Å². The van der Waals surface area contributed by atoms with Crippen molar-refractivity contribution in [3.05, 3.63) is 29.8 Å². The van der Waals surface area contributed by atoms with Gasteiger partial charge in [0, 0.05) is 26.2 Å². The molecule has 2 aliphatic rings. The van der Waals surface area contributed by atoms with Crippen molar-refractivity contribution in [1.82, 2.24) is 9.21 Å². The van der Waals surface area contributed by atoms with E-state index in [1.807, 2.05) is 12.1 Å². The molecule has 1 aromatic carbocycles. The predicted molar refractivity (Wildman–Crippen MR) is 109 cm³/mol. The first-order valence-electron chi connectivity index (χ1n) is 10.3. The van der Waals surface area contributed by atoms with E-state index in [9.17, 15) is 23.1 Å². The van der Waals surface area contributed by atoms with E-state index in [1.54, 1.807) is 17.0 Å². The minimum atomic E-state index is -3.60. The SMILES string of the molecule is CC(C)c1ccc(S(=O)(=O)N2CCN(C(=O)[C@@H]3CCCC[C@@H]3C(=O)O)CC2)cc1. The maximum Gasteiger partial charge on any atom is 0.307 e. The summed E-state index contributed by atoms with van der Waals surface area (Å²) in [6, 6.07) is 6.96. The van der Waals surface area contributed by atoms with Crippen molar-refractivity contribution >= 4 is 21.9 Å². The molecule has 0 aromatic heterocycles. The Morgan fingerprint density at radius 1 is 0.966 bits per heavy atom. The second-order valence-corrected chi connectivity index (χ2v) is 10.2. The fourth-order valence-electron chi connectivity index (χ4n) is 4.28. The molecular weight excluding hydrogens is 392 g/mol. The molecule has 7 nitrogen and oxygen atoms in total. The second kappa shape index (κ2) is 8.83. The number of carboxylic acid groups (broad SMARTS) is 1. The minimum Gasteiger partial charge on any atom is -0.481 e. The number of hydrogen-bond donors (Lipinski definition) is 1. The van der Waals surface area contributed by atoms with E-state index in [0.29, 0.717) is 31.8 Å². The van der Waals surface area contributed by atoms with Crippen molar-refractivity contribution in [2.45, 2.75) is 50.3 Å². The number of carbonyl (C=O) groups excluding carboxylic acids is 1. The van der Waals surface area contributed by atoms with Crippen molar-refractivity contribution in [2.24, 2.45) is 11.8 Å². The van der Waals surface area contributed by atoms with E-state index in [1.165, 1.54) is 4.31 Å². The fraction of sp³-hybridized carbons (Fsp3) is 0.619. The highest BCUT2D eigenvalue weighted by atomic mass is 32.2. The molecule has 0 radical (unpaired) electrons. The summed E-state index contributed by atoms with van der Waals surface area (Å²) in [7, 11) is -3.60. The Bertz CT molecular complexity index is 842. The first-order chi connectivity index (χ1) is 13.7. The molecule has 1 aliphatic heterocycles. The number of carbonyl (C=O) groups is 2. The Morgan fingerprint density at radius 3 is 2.03 bits per heavy atom. The van der Waals surface area contributed by atoms with Crippen LogP contribution in [-0.4, -0.2) is 60.8 Å². The number of hydrogen-bond acceptors (Lipinski definition) is 4. The van der Waals surface area contributed by atoms with Gasteiger partial charge in [-0.05, 0) is 36.5 Å². The number of aliphatic carboxylic acids is 1. The highest BCUT2D eigenvalue weighted by molar-refractivity contribution is 7.89. The smallest absolute Gasteiger partial charge is 0.307 e. The number of sulfonamides is 1. The Morgan fingerprint density at radius 2 is 1.52 bits per heavy atom. The number of benzene rings is 1. The van der Waals surface area contributed by atoms with Gasteiger partial charge < -0.3 is 10.0 Å². The van der Waals surface area contributed by atoms with Crippen LogP contribution in [0.15, 0.2) is 29.2 Å². The van der Waals surface area contributed by atoms with Gasteiger partial charge in [-0.1, -0.05) is 38.8 Å². The molecule has 8 heteroatoms. The first kappa shape index (κ1) is 21.8. The summed E-state index contributed by atoms with van der Waals surface area (Å²) in [5, 5.41) is 9.43. The topological polar surface area (TPSA) is 95.0 Å². The Labute approximate surface area is 172 Å². The zero-order valence-corrected chi connectivity index (χ0v) is 17.9. The van der Waals surface area contributed by atoms with Crippen molar-refractivity contribution in [2.75, 3.05) is 26.2 Å². The molecule has 0 unspecified atom stereocenters. The number of piperazine rings is 1. The van der Waals surface area contributed by atoms with Gasteiger partial charge in [-0.15, -0.1) is 0 Å². The maximum atomic E-state index is 12.9. The molecule has 1 aliphatic carbocycles. The zero-order chi connectivity index (χ0) is 21.2. The van der Waals surface area contributed by atoms with Crippen LogP contribution in [0, 0.1) is 11.8 Å². The second-order valence-electron chi connectivity index (χ2n) is 8.29. The molecule has 2 atom stereocenters. The lowest BCUT2D eigenvalue weighted by molar-refractivity contribution is -0.152. The highest BCUT2D eigenvalue weighted by Gasteiger charge is 2.39. The summed E-state index contributed by atoms with van der Waals surface area (Å²) in [5.41, 5.74) is 1.08. The van der Waals surface area contributed by atoms with Crippen LogP contribution in [0.2, 0.25) is 0 Å². The van der Waals surface area contributed by atoms with Gasteiger partial charge in [-0.3, -0.25) is 9.59 Å². The molecule has 1 heterocycles. The largest absolute Gasteiger partial charge is 0.481 e. The standard InChI is InChI=1S/C21H30N2O5S/c1-15(2)16-7-9-17(10-8-16)29(27,28)23-13-11-22(12-14-23)20(24)18-5-3-4-6-19(18)21(25)26/h7-10,15,18-19H,3-6,11-14H2,1-2H3,(H,25,26)/t18-,19+/m1/s1. The third kappa shape index (κ3) is 4.64. The van der Waals surface area contributed by atoms with Crippen molar-refractivity contribution in [3.8, 4) is 0 Å². The molecule has 1 aromatic rings. The van der Waals surface area contributed by atoms with Gasteiger partial charge in [-0.2, -0.15) is 4.31 Å². The van der Waals surface area contributed by atoms with E-state index >= 15 is 0 Å². The molecule has 1 saturated carbocycles. The molecule has 1 saturated heterocycles. The average Bonchev–Trinajstić information content (AvgIpc) is 2.73. The van der Waals surface area contributed by atoms with Crippen LogP contribution in [0.4, 0.5) is 0 Å². The zero-order valence-electron chi connectivity index (χ0n) is 17.1. The van der Waals surface area contributed by atoms with Crippen molar-refractivity contribution in [1.29, 1.82) is 0 Å². The summed E-state index contributed by atoms with van der Waals surface area (Å²) in [6.07, 6.45) is 2.83. The Balaban J connectivity index is 1.64. The molecule has 29 heavy (non-hydrogen) atoms. The number of rotatable bonds is 5. The van der Waals surface area contributed by atoms with Gasteiger partial charge in [0.25, 0.3) is 0 Å². The number of amides is 1. The third-order valence-electron chi connectivity index (χ3n) is 6.14. The van der Waals surface area contributed by atoms with Gasteiger partial charge in [0.15, 0.2) is 0 Å². The fourth-order valence-corrected chi connectivity index (χ4v) is 5.70. The van der Waals surface area contributed by atoms with Crippen LogP contribution < -0.4 is 0 Å².